The molecular weight excluding hydrogens is 478 g/mol. The molecule has 2 amide bonds. The van der Waals surface area contributed by atoms with Gasteiger partial charge in [0.15, 0.2) is 0 Å². The number of benzene rings is 4. The van der Waals surface area contributed by atoms with E-state index < -0.39 is 5.54 Å². The van der Waals surface area contributed by atoms with Crippen molar-refractivity contribution in [1.29, 1.82) is 0 Å². The van der Waals surface area contributed by atoms with Crippen LogP contribution in [0.5, 0.6) is 0 Å². The van der Waals surface area contributed by atoms with Crippen LogP contribution in [-0.4, -0.2) is 41.1 Å². The number of aryl methyl sites for hydroxylation is 1. The fourth-order valence-electron chi connectivity index (χ4n) is 6.81. The highest BCUT2D eigenvalue weighted by molar-refractivity contribution is 5.80. The van der Waals surface area contributed by atoms with Gasteiger partial charge in [0.05, 0.1) is 19.6 Å². The summed E-state index contributed by atoms with van der Waals surface area (Å²) in [5.41, 5.74) is 5.83. The topological polar surface area (TPSA) is 32.3 Å². The van der Waals surface area contributed by atoms with E-state index in [1.54, 1.807) is 0 Å². The second kappa shape index (κ2) is 10.7. The summed E-state index contributed by atoms with van der Waals surface area (Å²) in [5, 5.41) is 3.44. The van der Waals surface area contributed by atoms with Crippen molar-refractivity contribution in [2.45, 2.75) is 44.4 Å². The van der Waals surface area contributed by atoms with E-state index in [-0.39, 0.29) is 12.1 Å². The van der Waals surface area contributed by atoms with E-state index in [2.05, 4.69) is 120 Å². The molecule has 198 valence electrons. The Morgan fingerprint density at radius 1 is 0.744 bits per heavy atom. The van der Waals surface area contributed by atoms with Gasteiger partial charge in [-0.1, -0.05) is 121 Å². The average Bonchev–Trinajstić information content (AvgIpc) is 3.33. The Labute approximate surface area is 232 Å². The third-order valence-electron chi connectivity index (χ3n) is 8.80. The second-order valence-electron chi connectivity index (χ2n) is 11.5. The maximum absolute atomic E-state index is 13.6. The van der Waals surface area contributed by atoms with Gasteiger partial charge in [-0.25, -0.2) is 4.79 Å². The van der Waals surface area contributed by atoms with E-state index in [4.69, 9.17) is 0 Å². The lowest BCUT2D eigenvalue weighted by atomic mass is 9.83. The van der Waals surface area contributed by atoms with Crippen LogP contribution >= 0.6 is 0 Å². The van der Waals surface area contributed by atoms with Crippen LogP contribution in [-0.2, 0) is 18.6 Å². The van der Waals surface area contributed by atoms with E-state index >= 15 is 0 Å². The van der Waals surface area contributed by atoms with Gasteiger partial charge >= 0.3 is 6.03 Å². The number of amides is 2. The third kappa shape index (κ3) is 5.22. The first-order valence-electron chi connectivity index (χ1n) is 14.2. The number of nitrogens with one attached hydrogen (secondary N) is 1. The number of quaternary nitrogens is 1. The molecule has 6 rings (SSSR count). The van der Waals surface area contributed by atoms with Crippen molar-refractivity contribution in [2.75, 3.05) is 19.6 Å². The van der Waals surface area contributed by atoms with Gasteiger partial charge < -0.3 is 14.7 Å². The first-order valence-corrected chi connectivity index (χ1v) is 14.2. The summed E-state index contributed by atoms with van der Waals surface area (Å²) in [4.78, 5) is 15.8. The van der Waals surface area contributed by atoms with Gasteiger partial charge in [0.25, 0.3) is 0 Å². The molecule has 0 aromatic heterocycles. The molecule has 4 nitrogen and oxygen atoms in total. The van der Waals surface area contributed by atoms with Crippen molar-refractivity contribution in [3.63, 3.8) is 0 Å². The van der Waals surface area contributed by atoms with Gasteiger partial charge in [0.1, 0.15) is 18.6 Å². The van der Waals surface area contributed by atoms with Crippen LogP contribution in [0.25, 0.3) is 0 Å². The van der Waals surface area contributed by atoms with E-state index in [1.165, 1.54) is 16.7 Å². The maximum Gasteiger partial charge on any atom is 0.318 e. The van der Waals surface area contributed by atoms with Gasteiger partial charge in [-0.15, -0.1) is 0 Å². The Kier molecular flexibility index (Phi) is 6.97. The Morgan fingerprint density at radius 2 is 1.28 bits per heavy atom. The lowest BCUT2D eigenvalue weighted by molar-refractivity contribution is -0.958. The summed E-state index contributed by atoms with van der Waals surface area (Å²) in [6.07, 6.45) is 2.01. The number of carbonyl (C=O) groups is 1. The Hall–Kier alpha value is -3.89. The van der Waals surface area contributed by atoms with Crippen LogP contribution in [0.2, 0.25) is 0 Å². The molecule has 0 atom stereocenters. The van der Waals surface area contributed by atoms with Gasteiger partial charge in [-0.2, -0.15) is 0 Å². The number of nitrogens with zero attached hydrogens (tertiary/aromatic N) is 2. The van der Waals surface area contributed by atoms with Crippen molar-refractivity contribution in [2.24, 2.45) is 0 Å². The van der Waals surface area contributed by atoms with Crippen LogP contribution < -0.4 is 5.32 Å². The molecule has 4 aromatic rings. The van der Waals surface area contributed by atoms with Gasteiger partial charge in [-0.3, -0.25) is 0 Å². The number of carbonyl (C=O) groups excluding carboxylic acids is 1. The first-order chi connectivity index (χ1) is 19.1. The van der Waals surface area contributed by atoms with Gasteiger partial charge in [0, 0.05) is 30.0 Å². The average molecular weight is 517 g/mol. The molecule has 39 heavy (non-hydrogen) atoms. The smallest absolute Gasteiger partial charge is 0.318 e. The Bertz CT molecular complexity index is 1360. The molecule has 1 N–H and O–H groups in total. The molecule has 0 aliphatic carbocycles. The van der Waals surface area contributed by atoms with Crippen molar-refractivity contribution in [3.8, 4) is 0 Å². The van der Waals surface area contributed by atoms with E-state index in [1.807, 2.05) is 12.1 Å². The maximum atomic E-state index is 13.6. The number of urea groups is 1. The van der Waals surface area contributed by atoms with Crippen LogP contribution in [0.3, 0.4) is 0 Å². The highest BCUT2D eigenvalue weighted by atomic mass is 16.2. The molecule has 0 radical (unpaired) electrons. The first kappa shape index (κ1) is 25.4. The lowest BCUT2D eigenvalue weighted by Gasteiger charge is -2.45. The summed E-state index contributed by atoms with van der Waals surface area (Å²) in [5.74, 6) is 0. The minimum Gasteiger partial charge on any atom is -0.323 e. The number of rotatable bonds is 7. The molecular formula is C35H38N3O+. The van der Waals surface area contributed by atoms with Crippen molar-refractivity contribution < 1.29 is 9.28 Å². The fourth-order valence-corrected chi connectivity index (χ4v) is 6.81. The molecule has 4 aromatic carbocycles. The molecule has 2 aliphatic heterocycles. The van der Waals surface area contributed by atoms with Crippen molar-refractivity contribution in [1.82, 2.24) is 10.2 Å². The normalized spacial score (nSPS) is 22.4. The molecule has 0 bridgehead atoms. The van der Waals surface area contributed by atoms with Crippen molar-refractivity contribution in [3.05, 3.63) is 143 Å². The SMILES string of the molecule is Cc1cccc(C[N+]2(Cc3ccccc3)CCC(N3CC(c4ccccc4)(c4ccccc4)NC3=O)CC2)c1. The lowest BCUT2D eigenvalue weighted by Crippen LogP contribution is -2.56. The molecule has 2 heterocycles. The van der Waals surface area contributed by atoms with E-state index in [9.17, 15) is 4.79 Å². The monoisotopic (exact) mass is 516 g/mol. The Balaban J connectivity index is 1.25. The van der Waals surface area contributed by atoms with Crippen LogP contribution in [0.1, 0.15) is 40.7 Å². The van der Waals surface area contributed by atoms with Crippen molar-refractivity contribution >= 4 is 6.03 Å². The summed E-state index contributed by atoms with van der Waals surface area (Å²) in [6.45, 7) is 6.98. The predicted octanol–water partition coefficient (Wildman–Crippen LogP) is 6.64. The number of hydrogen-bond acceptors (Lipinski definition) is 1. The minimum atomic E-state index is -0.533. The summed E-state index contributed by atoms with van der Waals surface area (Å²) < 4.78 is 1.03. The zero-order valence-corrected chi connectivity index (χ0v) is 22.8. The minimum absolute atomic E-state index is 0.0504. The quantitative estimate of drug-likeness (QED) is 0.274. The highest BCUT2D eigenvalue weighted by Gasteiger charge is 2.49. The summed E-state index contributed by atoms with van der Waals surface area (Å²) >= 11 is 0. The largest absolute Gasteiger partial charge is 0.323 e. The molecule has 0 unspecified atom stereocenters. The molecule has 2 saturated heterocycles. The van der Waals surface area contributed by atoms with Crippen LogP contribution in [0.4, 0.5) is 4.79 Å². The molecule has 0 saturated carbocycles. The Morgan fingerprint density at radius 3 is 1.87 bits per heavy atom. The second-order valence-corrected chi connectivity index (χ2v) is 11.5. The predicted molar refractivity (Wildman–Crippen MR) is 157 cm³/mol. The zero-order chi connectivity index (χ0) is 26.7. The third-order valence-corrected chi connectivity index (χ3v) is 8.80. The molecule has 2 fully saturated rings. The number of likely N-dealkylation sites (tertiary alicyclic amines) is 1. The zero-order valence-electron chi connectivity index (χ0n) is 22.8. The van der Waals surface area contributed by atoms with Crippen LogP contribution in [0.15, 0.2) is 115 Å². The molecule has 4 heteroatoms. The van der Waals surface area contributed by atoms with E-state index in [0.717, 1.165) is 54.6 Å². The standard InChI is InChI=1S/C35H37N3O/c1-28-12-11-15-30(24-28)26-38(25-29-13-5-2-6-14-29)22-20-33(21-23-38)37-27-35(36-34(37)39,31-16-7-3-8-17-31)32-18-9-4-10-19-32/h2-19,24,33H,20-23,25-27H2,1H3/p+1. The van der Waals surface area contributed by atoms with Crippen LogP contribution in [0, 0.1) is 6.92 Å². The van der Waals surface area contributed by atoms with E-state index in [0.29, 0.717) is 6.54 Å². The number of hydrogen-bond donors (Lipinski definition) is 1. The highest BCUT2D eigenvalue weighted by Crippen LogP contribution is 2.38. The summed E-state index contributed by atoms with van der Waals surface area (Å²) in [7, 11) is 0. The van der Waals surface area contributed by atoms with Gasteiger partial charge in [-0.05, 0) is 18.1 Å². The number of piperidine rings is 1. The molecule has 0 spiro atoms. The fraction of sp³-hybridized carbons (Fsp3) is 0.286. The molecule has 2 aliphatic rings. The van der Waals surface area contributed by atoms with Gasteiger partial charge in [0.2, 0.25) is 0 Å². The summed E-state index contributed by atoms with van der Waals surface area (Å²) in [6, 6.07) is 41.0.